The molecule has 3 rings (SSSR count). The van der Waals surface area contributed by atoms with Crippen molar-refractivity contribution in [3.05, 3.63) is 71.6 Å². The van der Waals surface area contributed by atoms with Gasteiger partial charge in [0.15, 0.2) is 0 Å². The average molecular weight is 522 g/mol. The van der Waals surface area contributed by atoms with E-state index >= 15 is 0 Å². The maximum Gasteiger partial charge on any atom is 0.501 e. The highest BCUT2D eigenvalue weighted by atomic mass is 32.2. The highest BCUT2D eigenvalue weighted by Crippen LogP contribution is 2.36. The lowest BCUT2D eigenvalue weighted by Gasteiger charge is -2.17. The molecule has 0 spiro atoms. The number of pyridine rings is 1. The number of hydrogen-bond acceptors (Lipinski definition) is 6. The number of nitrogens with one attached hydrogen (secondary N) is 1. The summed E-state index contributed by atoms with van der Waals surface area (Å²) < 4.78 is 115. The molecule has 0 saturated heterocycles. The third-order valence-corrected chi connectivity index (χ3v) is 6.03. The molecule has 0 aliphatic rings. The van der Waals surface area contributed by atoms with Crippen LogP contribution in [0.3, 0.4) is 0 Å². The van der Waals surface area contributed by atoms with Gasteiger partial charge in [0.2, 0.25) is 0 Å². The second-order valence-electron chi connectivity index (χ2n) is 7.04. The van der Waals surface area contributed by atoms with Crippen LogP contribution in [-0.4, -0.2) is 34.8 Å². The van der Waals surface area contributed by atoms with E-state index in [9.17, 15) is 43.9 Å². The topological polar surface area (TPSA) is 102 Å². The van der Waals surface area contributed by atoms with Crippen molar-refractivity contribution in [2.24, 2.45) is 0 Å². The van der Waals surface area contributed by atoms with Crippen molar-refractivity contribution in [2.75, 3.05) is 0 Å². The number of rotatable bonds is 5. The van der Waals surface area contributed by atoms with E-state index in [2.05, 4.69) is 20.3 Å². The van der Waals surface area contributed by atoms with E-state index < -0.39 is 55.3 Å². The number of carbonyl (C=O) groups excluding carboxylic acids is 1. The van der Waals surface area contributed by atoms with E-state index in [0.717, 1.165) is 12.3 Å². The Labute approximate surface area is 193 Å². The normalized spacial score (nSPS) is 13.4. The molecule has 1 unspecified atom stereocenters. The quantitative estimate of drug-likeness (QED) is 0.496. The highest BCUT2D eigenvalue weighted by molar-refractivity contribution is 7.92. The summed E-state index contributed by atoms with van der Waals surface area (Å²) in [6, 6.07) is 1.46. The molecule has 1 N–H and O–H groups in total. The second kappa shape index (κ2) is 9.20. The minimum absolute atomic E-state index is 0.0510. The number of carbonyl (C=O) groups is 1. The molecule has 0 aliphatic heterocycles. The summed E-state index contributed by atoms with van der Waals surface area (Å²) in [5, 5.41) is 2.24. The summed E-state index contributed by atoms with van der Waals surface area (Å²) in [5.41, 5.74) is -8.36. The van der Waals surface area contributed by atoms with Crippen LogP contribution < -0.4 is 5.32 Å². The van der Waals surface area contributed by atoms with Crippen LogP contribution in [0.4, 0.5) is 30.7 Å². The summed E-state index contributed by atoms with van der Waals surface area (Å²) >= 11 is 0. The predicted octanol–water partition coefficient (Wildman–Crippen LogP) is 4.48. The van der Waals surface area contributed by atoms with Gasteiger partial charge in [-0.15, -0.1) is 0 Å². The Morgan fingerprint density at radius 1 is 0.971 bits per heavy atom. The molecule has 0 fully saturated rings. The number of benzene rings is 1. The molecule has 3 aromatic rings. The van der Waals surface area contributed by atoms with E-state index in [4.69, 9.17) is 0 Å². The molecular weight excluding hydrogens is 509 g/mol. The Morgan fingerprint density at radius 3 is 2.20 bits per heavy atom. The summed E-state index contributed by atoms with van der Waals surface area (Å²) in [4.78, 5) is 22.8. The molecule has 0 aliphatic carbocycles. The van der Waals surface area contributed by atoms with Gasteiger partial charge in [0.05, 0.1) is 34.1 Å². The standard InChI is InChI=1S/C20H13F7N4O3S/c1-10(16-17(29-5-4-28-16)15-3-2-13(21)9-30-15)31-18(32)11-6-12(19(22,23)24)8-14(7-11)35(33,34)20(25,26)27/h2-10H,1H3,(H,31,32). The van der Waals surface area contributed by atoms with E-state index in [1.165, 1.54) is 25.4 Å². The van der Waals surface area contributed by atoms with Gasteiger partial charge >= 0.3 is 11.7 Å². The minimum Gasteiger partial charge on any atom is -0.344 e. The molecule has 2 aromatic heterocycles. The van der Waals surface area contributed by atoms with E-state index in [0.29, 0.717) is 0 Å². The van der Waals surface area contributed by atoms with Crippen LogP contribution in [0.25, 0.3) is 11.4 Å². The van der Waals surface area contributed by atoms with Gasteiger partial charge < -0.3 is 5.32 Å². The van der Waals surface area contributed by atoms with Crippen LogP contribution in [0.15, 0.2) is 53.8 Å². The fourth-order valence-corrected chi connectivity index (χ4v) is 3.74. The van der Waals surface area contributed by atoms with Crippen molar-refractivity contribution in [1.82, 2.24) is 20.3 Å². The molecule has 0 radical (unpaired) electrons. The lowest BCUT2D eigenvalue weighted by molar-refractivity contribution is -0.137. The number of hydrogen-bond donors (Lipinski definition) is 1. The van der Waals surface area contributed by atoms with Crippen LogP contribution in [0.2, 0.25) is 0 Å². The van der Waals surface area contributed by atoms with Crippen molar-refractivity contribution in [3.63, 3.8) is 0 Å². The molecule has 0 bridgehead atoms. The zero-order chi connectivity index (χ0) is 26.2. The van der Waals surface area contributed by atoms with Crippen molar-refractivity contribution in [2.45, 2.75) is 29.5 Å². The smallest absolute Gasteiger partial charge is 0.344 e. The highest BCUT2D eigenvalue weighted by Gasteiger charge is 2.48. The van der Waals surface area contributed by atoms with Gasteiger partial charge in [0.25, 0.3) is 15.7 Å². The maximum absolute atomic E-state index is 13.2. The zero-order valence-electron chi connectivity index (χ0n) is 17.3. The minimum atomic E-state index is -6.18. The molecule has 15 heteroatoms. The lowest BCUT2D eigenvalue weighted by atomic mass is 10.1. The summed E-state index contributed by atoms with van der Waals surface area (Å²) in [7, 11) is -6.18. The largest absolute Gasteiger partial charge is 0.501 e. The van der Waals surface area contributed by atoms with Crippen LogP contribution in [-0.2, 0) is 16.0 Å². The Balaban J connectivity index is 2.00. The van der Waals surface area contributed by atoms with Gasteiger partial charge in [-0.25, -0.2) is 12.8 Å². The number of sulfone groups is 1. The Kier molecular flexibility index (Phi) is 6.83. The molecule has 35 heavy (non-hydrogen) atoms. The van der Waals surface area contributed by atoms with Gasteiger partial charge in [0, 0.05) is 18.0 Å². The zero-order valence-corrected chi connectivity index (χ0v) is 18.1. The number of amides is 1. The summed E-state index contributed by atoms with van der Waals surface area (Å²) in [5.74, 6) is -1.96. The van der Waals surface area contributed by atoms with Crippen molar-refractivity contribution < 1.29 is 43.9 Å². The van der Waals surface area contributed by atoms with Gasteiger partial charge in [-0.2, -0.15) is 26.3 Å². The fraction of sp³-hybridized carbons (Fsp3) is 0.200. The molecule has 0 saturated carbocycles. The first-order valence-corrected chi connectivity index (χ1v) is 10.9. The Bertz CT molecular complexity index is 1360. The van der Waals surface area contributed by atoms with Gasteiger partial charge in [-0.3, -0.25) is 19.7 Å². The summed E-state index contributed by atoms with van der Waals surface area (Å²) in [6.45, 7) is 1.34. The third-order valence-electron chi connectivity index (χ3n) is 4.57. The van der Waals surface area contributed by atoms with Crippen LogP contribution in [0.5, 0.6) is 0 Å². The van der Waals surface area contributed by atoms with Gasteiger partial charge in [-0.1, -0.05) is 0 Å². The monoisotopic (exact) mass is 522 g/mol. The maximum atomic E-state index is 13.2. The van der Waals surface area contributed by atoms with Crippen molar-refractivity contribution >= 4 is 15.7 Å². The van der Waals surface area contributed by atoms with Crippen LogP contribution in [0.1, 0.15) is 34.6 Å². The first-order valence-electron chi connectivity index (χ1n) is 9.38. The van der Waals surface area contributed by atoms with E-state index in [-0.39, 0.29) is 35.3 Å². The second-order valence-corrected chi connectivity index (χ2v) is 8.98. The van der Waals surface area contributed by atoms with E-state index in [1.54, 1.807) is 0 Å². The predicted molar refractivity (Wildman–Crippen MR) is 106 cm³/mol. The number of nitrogens with zero attached hydrogens (tertiary/aromatic N) is 3. The number of aromatic nitrogens is 3. The van der Waals surface area contributed by atoms with Crippen LogP contribution in [0, 0.1) is 5.82 Å². The lowest BCUT2D eigenvalue weighted by Crippen LogP contribution is -2.29. The number of alkyl halides is 6. The molecule has 7 nitrogen and oxygen atoms in total. The number of halogens is 7. The molecular formula is C20H13F7N4O3S. The Hall–Kier alpha value is -3.62. The Morgan fingerprint density at radius 2 is 1.63 bits per heavy atom. The third kappa shape index (κ3) is 5.55. The first-order chi connectivity index (χ1) is 16.1. The molecule has 1 aromatic carbocycles. The molecule has 1 amide bonds. The fourth-order valence-electron chi connectivity index (χ4n) is 2.91. The molecule has 186 valence electrons. The van der Waals surface area contributed by atoms with E-state index in [1.807, 2.05) is 0 Å². The first kappa shape index (κ1) is 26.0. The van der Waals surface area contributed by atoms with Crippen molar-refractivity contribution in [1.29, 1.82) is 0 Å². The van der Waals surface area contributed by atoms with Crippen molar-refractivity contribution in [3.8, 4) is 11.4 Å². The molecule has 2 heterocycles. The van der Waals surface area contributed by atoms with Gasteiger partial charge in [-0.05, 0) is 37.3 Å². The summed E-state index contributed by atoms with van der Waals surface area (Å²) in [6.07, 6.45) is -1.87. The SMILES string of the molecule is CC(NC(=O)c1cc(C(F)(F)F)cc(S(=O)(=O)C(F)(F)F)c1)c1nccnc1-c1ccc(F)cn1. The molecule has 1 atom stereocenters. The van der Waals surface area contributed by atoms with Crippen LogP contribution >= 0.6 is 0 Å². The van der Waals surface area contributed by atoms with Gasteiger partial charge in [0.1, 0.15) is 11.5 Å². The average Bonchev–Trinajstić information content (AvgIpc) is 2.78.